The zero-order valence-electron chi connectivity index (χ0n) is 6.81. The lowest BCUT2D eigenvalue weighted by molar-refractivity contribution is 0.789. The van der Waals surface area contributed by atoms with Crippen LogP contribution in [0.25, 0.3) is 0 Å². The summed E-state index contributed by atoms with van der Waals surface area (Å²) in [4.78, 5) is 0. The van der Waals surface area contributed by atoms with Crippen LogP contribution in [0.1, 0.15) is 27.7 Å². The minimum atomic E-state index is 0.659. The zero-order valence-corrected chi connectivity index (χ0v) is 6.81. The van der Waals surface area contributed by atoms with Gasteiger partial charge in [0.05, 0.1) is 0 Å². The molecule has 0 saturated heterocycles. The van der Waals surface area contributed by atoms with Crippen LogP contribution in [0.3, 0.4) is 0 Å². The Morgan fingerprint density at radius 2 is 1.78 bits per heavy atom. The van der Waals surface area contributed by atoms with Crippen molar-refractivity contribution in [3.63, 3.8) is 0 Å². The molecule has 0 heteroatoms. The Balaban J connectivity index is 4.01. The Kier molecular flexibility index (Phi) is 4.12. The van der Waals surface area contributed by atoms with Crippen molar-refractivity contribution in [1.29, 1.82) is 0 Å². The summed E-state index contributed by atoms with van der Waals surface area (Å²) in [5.74, 6) is 0.659. The first kappa shape index (κ1) is 8.48. The smallest absolute Gasteiger partial charge is 0.0222 e. The Hall–Kier alpha value is -0.520. The zero-order chi connectivity index (χ0) is 7.28. The third kappa shape index (κ3) is 3.12. The molecule has 0 heterocycles. The number of hydrogen-bond acceptors (Lipinski definition) is 0. The van der Waals surface area contributed by atoms with Gasteiger partial charge in [-0.1, -0.05) is 37.6 Å². The van der Waals surface area contributed by atoms with E-state index in [-0.39, 0.29) is 0 Å². The SMILES string of the molecule is CC=CC(=CC)C(C)C. The van der Waals surface area contributed by atoms with Gasteiger partial charge in [-0.25, -0.2) is 0 Å². The molecule has 52 valence electrons. The maximum atomic E-state index is 2.20. The molecule has 0 aliphatic heterocycles. The number of allylic oxidation sites excluding steroid dienone is 4. The summed E-state index contributed by atoms with van der Waals surface area (Å²) in [6.45, 7) is 8.53. The molecule has 0 N–H and O–H groups in total. The van der Waals surface area contributed by atoms with E-state index in [2.05, 4.69) is 39.0 Å². The highest BCUT2D eigenvalue weighted by Crippen LogP contribution is 2.09. The maximum Gasteiger partial charge on any atom is -0.0222 e. The molecule has 0 bridgehead atoms. The number of rotatable bonds is 2. The topological polar surface area (TPSA) is 0 Å². The molecule has 0 fully saturated rings. The van der Waals surface area contributed by atoms with Crippen LogP contribution in [-0.4, -0.2) is 0 Å². The fourth-order valence-electron chi connectivity index (χ4n) is 0.814. The highest BCUT2D eigenvalue weighted by Gasteiger charge is 1.94. The van der Waals surface area contributed by atoms with Crippen molar-refractivity contribution in [3.05, 3.63) is 23.8 Å². The molecule has 0 aromatic heterocycles. The van der Waals surface area contributed by atoms with Crippen LogP contribution < -0.4 is 0 Å². The van der Waals surface area contributed by atoms with Crippen molar-refractivity contribution >= 4 is 0 Å². The van der Waals surface area contributed by atoms with Crippen LogP contribution in [0.4, 0.5) is 0 Å². The first-order valence-corrected chi connectivity index (χ1v) is 3.51. The number of hydrogen-bond donors (Lipinski definition) is 0. The molecule has 0 aliphatic rings. The van der Waals surface area contributed by atoms with Crippen molar-refractivity contribution in [3.8, 4) is 0 Å². The van der Waals surface area contributed by atoms with Gasteiger partial charge >= 0.3 is 0 Å². The van der Waals surface area contributed by atoms with Crippen molar-refractivity contribution < 1.29 is 0 Å². The van der Waals surface area contributed by atoms with Gasteiger partial charge in [0.15, 0.2) is 0 Å². The monoisotopic (exact) mass is 124 g/mol. The van der Waals surface area contributed by atoms with Gasteiger partial charge in [0.25, 0.3) is 0 Å². The summed E-state index contributed by atoms with van der Waals surface area (Å²) in [5, 5.41) is 0. The highest BCUT2D eigenvalue weighted by atomic mass is 14.0. The van der Waals surface area contributed by atoms with Crippen LogP contribution in [0, 0.1) is 5.92 Å². The van der Waals surface area contributed by atoms with Gasteiger partial charge in [0, 0.05) is 0 Å². The van der Waals surface area contributed by atoms with E-state index in [9.17, 15) is 0 Å². The van der Waals surface area contributed by atoms with Crippen LogP contribution >= 0.6 is 0 Å². The van der Waals surface area contributed by atoms with Crippen LogP contribution in [0.5, 0.6) is 0 Å². The summed E-state index contributed by atoms with van der Waals surface area (Å²) < 4.78 is 0. The van der Waals surface area contributed by atoms with E-state index >= 15 is 0 Å². The molecule has 0 spiro atoms. The quantitative estimate of drug-likeness (QED) is 0.496. The standard InChI is InChI=1S/C9H16/c1-5-7-9(6-2)8(3)4/h5-8H,1-4H3. The van der Waals surface area contributed by atoms with E-state index in [1.165, 1.54) is 5.57 Å². The lowest BCUT2D eigenvalue weighted by Gasteiger charge is -2.03. The molecule has 0 unspecified atom stereocenters. The van der Waals surface area contributed by atoms with Crippen molar-refractivity contribution in [2.75, 3.05) is 0 Å². The lowest BCUT2D eigenvalue weighted by Crippen LogP contribution is -1.88. The Bertz CT molecular complexity index is 116. The second kappa shape index (κ2) is 4.37. The minimum Gasteiger partial charge on any atom is -0.0874 e. The summed E-state index contributed by atoms with van der Waals surface area (Å²) in [6, 6.07) is 0. The van der Waals surface area contributed by atoms with Gasteiger partial charge in [-0.05, 0) is 19.8 Å². The maximum absolute atomic E-state index is 2.20. The Morgan fingerprint density at radius 1 is 1.22 bits per heavy atom. The fourth-order valence-corrected chi connectivity index (χ4v) is 0.814. The van der Waals surface area contributed by atoms with E-state index in [1.54, 1.807) is 0 Å². The molecule has 0 aliphatic carbocycles. The predicted molar refractivity (Wildman–Crippen MR) is 43.4 cm³/mol. The Labute approximate surface area is 58.3 Å². The molecule has 0 atom stereocenters. The van der Waals surface area contributed by atoms with Crippen molar-refractivity contribution in [2.24, 2.45) is 5.92 Å². The summed E-state index contributed by atoms with van der Waals surface area (Å²) in [6.07, 6.45) is 6.39. The van der Waals surface area contributed by atoms with Crippen LogP contribution in [-0.2, 0) is 0 Å². The first-order valence-electron chi connectivity index (χ1n) is 3.51. The van der Waals surface area contributed by atoms with Gasteiger partial charge < -0.3 is 0 Å². The average molecular weight is 124 g/mol. The molecular formula is C9H16. The third-order valence-electron chi connectivity index (χ3n) is 1.36. The van der Waals surface area contributed by atoms with Gasteiger partial charge in [-0.2, -0.15) is 0 Å². The minimum absolute atomic E-state index is 0.659. The summed E-state index contributed by atoms with van der Waals surface area (Å²) >= 11 is 0. The predicted octanol–water partition coefficient (Wildman–Crippen LogP) is 3.16. The molecular weight excluding hydrogens is 108 g/mol. The highest BCUT2D eigenvalue weighted by molar-refractivity contribution is 5.18. The summed E-state index contributed by atoms with van der Waals surface area (Å²) in [7, 11) is 0. The lowest BCUT2D eigenvalue weighted by atomic mass is 10.0. The van der Waals surface area contributed by atoms with E-state index in [1.807, 2.05) is 6.92 Å². The first-order chi connectivity index (χ1) is 4.22. The van der Waals surface area contributed by atoms with Gasteiger partial charge in [-0.15, -0.1) is 0 Å². The molecule has 0 amide bonds. The van der Waals surface area contributed by atoms with Gasteiger partial charge in [-0.3, -0.25) is 0 Å². The molecule has 0 aromatic rings. The van der Waals surface area contributed by atoms with Crippen molar-refractivity contribution in [2.45, 2.75) is 27.7 Å². The molecule has 0 aromatic carbocycles. The van der Waals surface area contributed by atoms with Crippen LogP contribution in [0.15, 0.2) is 23.8 Å². The Morgan fingerprint density at radius 3 is 1.89 bits per heavy atom. The molecule has 0 radical (unpaired) electrons. The molecule has 0 saturated carbocycles. The van der Waals surface area contributed by atoms with E-state index in [4.69, 9.17) is 0 Å². The van der Waals surface area contributed by atoms with Crippen molar-refractivity contribution in [1.82, 2.24) is 0 Å². The summed E-state index contributed by atoms with van der Waals surface area (Å²) in [5.41, 5.74) is 1.41. The van der Waals surface area contributed by atoms with E-state index in [0.29, 0.717) is 5.92 Å². The van der Waals surface area contributed by atoms with E-state index in [0.717, 1.165) is 0 Å². The fraction of sp³-hybridized carbons (Fsp3) is 0.556. The van der Waals surface area contributed by atoms with Crippen LogP contribution in [0.2, 0.25) is 0 Å². The molecule has 0 nitrogen and oxygen atoms in total. The van der Waals surface area contributed by atoms with E-state index < -0.39 is 0 Å². The largest absolute Gasteiger partial charge is 0.0874 e. The third-order valence-corrected chi connectivity index (χ3v) is 1.36. The van der Waals surface area contributed by atoms with Gasteiger partial charge in [0.2, 0.25) is 0 Å². The normalized spacial score (nSPS) is 13.7. The average Bonchev–Trinajstić information content (AvgIpc) is 1.82. The molecule has 9 heavy (non-hydrogen) atoms. The second-order valence-electron chi connectivity index (χ2n) is 2.44. The second-order valence-corrected chi connectivity index (χ2v) is 2.44. The van der Waals surface area contributed by atoms with Gasteiger partial charge in [0.1, 0.15) is 0 Å². The molecule has 0 rings (SSSR count).